The maximum atomic E-state index is 12.6. The van der Waals surface area contributed by atoms with Crippen LogP contribution in [0.5, 0.6) is 0 Å². The van der Waals surface area contributed by atoms with Gasteiger partial charge in [0.2, 0.25) is 5.91 Å². The van der Waals surface area contributed by atoms with Gasteiger partial charge in [0.25, 0.3) is 0 Å². The van der Waals surface area contributed by atoms with Gasteiger partial charge in [0.1, 0.15) is 0 Å². The SMILES string of the molecule is CCOC(=O)c1ccc(NC(=O)C2CCN(Cc3ccccc3C)CC2)cc1. The summed E-state index contributed by atoms with van der Waals surface area (Å²) in [6.45, 7) is 7.06. The van der Waals surface area contributed by atoms with Crippen molar-refractivity contribution in [1.29, 1.82) is 0 Å². The lowest BCUT2D eigenvalue weighted by atomic mass is 9.95. The number of hydrogen-bond acceptors (Lipinski definition) is 4. The first-order chi connectivity index (χ1) is 13.6. The largest absolute Gasteiger partial charge is 0.462 e. The molecule has 1 N–H and O–H groups in total. The van der Waals surface area contributed by atoms with Crippen LogP contribution in [0.25, 0.3) is 0 Å². The molecule has 1 amide bonds. The van der Waals surface area contributed by atoms with Crippen LogP contribution in [0, 0.1) is 12.8 Å². The molecule has 28 heavy (non-hydrogen) atoms. The van der Waals surface area contributed by atoms with Gasteiger partial charge in [-0.1, -0.05) is 24.3 Å². The maximum absolute atomic E-state index is 12.6. The molecule has 1 aliphatic rings. The van der Waals surface area contributed by atoms with Gasteiger partial charge >= 0.3 is 5.97 Å². The smallest absolute Gasteiger partial charge is 0.338 e. The Labute approximate surface area is 166 Å². The van der Waals surface area contributed by atoms with Gasteiger partial charge in [0.15, 0.2) is 0 Å². The summed E-state index contributed by atoms with van der Waals surface area (Å²) in [4.78, 5) is 26.7. The molecule has 0 aliphatic carbocycles. The number of hydrogen-bond donors (Lipinski definition) is 1. The molecule has 5 heteroatoms. The van der Waals surface area contributed by atoms with E-state index < -0.39 is 0 Å². The van der Waals surface area contributed by atoms with Crippen LogP contribution >= 0.6 is 0 Å². The quantitative estimate of drug-likeness (QED) is 0.769. The zero-order chi connectivity index (χ0) is 19.9. The Morgan fingerprint density at radius 2 is 1.75 bits per heavy atom. The van der Waals surface area contributed by atoms with Gasteiger partial charge in [-0.2, -0.15) is 0 Å². The van der Waals surface area contributed by atoms with Gasteiger partial charge in [-0.05, 0) is 75.2 Å². The molecule has 2 aromatic carbocycles. The molecule has 1 heterocycles. The van der Waals surface area contributed by atoms with Crippen molar-refractivity contribution in [2.24, 2.45) is 5.92 Å². The Morgan fingerprint density at radius 3 is 2.39 bits per heavy atom. The van der Waals surface area contributed by atoms with Crippen LogP contribution in [-0.2, 0) is 16.1 Å². The number of esters is 1. The Balaban J connectivity index is 1.48. The van der Waals surface area contributed by atoms with E-state index in [0.717, 1.165) is 32.5 Å². The molecule has 3 rings (SSSR count). The van der Waals surface area contributed by atoms with Crippen molar-refractivity contribution in [2.45, 2.75) is 33.2 Å². The molecule has 0 radical (unpaired) electrons. The van der Waals surface area contributed by atoms with E-state index in [4.69, 9.17) is 4.74 Å². The fourth-order valence-corrected chi connectivity index (χ4v) is 3.53. The van der Waals surface area contributed by atoms with Crippen molar-refractivity contribution in [3.8, 4) is 0 Å². The fraction of sp³-hybridized carbons (Fsp3) is 0.391. The first kappa shape index (κ1) is 20.1. The lowest BCUT2D eigenvalue weighted by molar-refractivity contribution is -0.121. The molecule has 148 valence electrons. The third kappa shape index (κ3) is 5.20. The minimum Gasteiger partial charge on any atom is -0.462 e. The van der Waals surface area contributed by atoms with E-state index in [2.05, 4.69) is 41.4 Å². The molecule has 1 saturated heterocycles. The summed E-state index contributed by atoms with van der Waals surface area (Å²) in [5.74, 6) is -0.265. The molecular weight excluding hydrogens is 352 g/mol. The minimum atomic E-state index is -0.346. The Hall–Kier alpha value is -2.66. The summed E-state index contributed by atoms with van der Waals surface area (Å²) < 4.78 is 4.97. The highest BCUT2D eigenvalue weighted by Crippen LogP contribution is 2.22. The van der Waals surface area contributed by atoms with Crippen molar-refractivity contribution in [3.05, 3.63) is 65.2 Å². The molecule has 2 aromatic rings. The zero-order valence-corrected chi connectivity index (χ0v) is 16.6. The van der Waals surface area contributed by atoms with Gasteiger partial charge in [0.05, 0.1) is 12.2 Å². The van der Waals surface area contributed by atoms with E-state index >= 15 is 0 Å². The predicted molar refractivity (Wildman–Crippen MR) is 110 cm³/mol. The van der Waals surface area contributed by atoms with E-state index in [-0.39, 0.29) is 17.8 Å². The fourth-order valence-electron chi connectivity index (χ4n) is 3.53. The first-order valence-electron chi connectivity index (χ1n) is 9.91. The third-order valence-electron chi connectivity index (χ3n) is 5.28. The number of amides is 1. The van der Waals surface area contributed by atoms with Gasteiger partial charge in [-0.3, -0.25) is 9.69 Å². The van der Waals surface area contributed by atoms with Crippen LogP contribution in [0.1, 0.15) is 41.3 Å². The van der Waals surface area contributed by atoms with Crippen molar-refractivity contribution in [3.63, 3.8) is 0 Å². The highest BCUT2D eigenvalue weighted by atomic mass is 16.5. The molecule has 0 spiro atoms. The van der Waals surface area contributed by atoms with E-state index in [9.17, 15) is 9.59 Å². The van der Waals surface area contributed by atoms with Crippen LogP contribution in [-0.4, -0.2) is 36.5 Å². The lowest BCUT2D eigenvalue weighted by Gasteiger charge is -2.31. The number of nitrogens with zero attached hydrogens (tertiary/aromatic N) is 1. The van der Waals surface area contributed by atoms with E-state index in [1.165, 1.54) is 11.1 Å². The average molecular weight is 380 g/mol. The van der Waals surface area contributed by atoms with Gasteiger partial charge in [-0.15, -0.1) is 0 Å². The maximum Gasteiger partial charge on any atom is 0.338 e. The second-order valence-electron chi connectivity index (χ2n) is 7.26. The molecule has 1 aliphatic heterocycles. The summed E-state index contributed by atoms with van der Waals surface area (Å²) in [6, 6.07) is 15.3. The second kappa shape index (κ2) is 9.51. The molecule has 0 atom stereocenters. The zero-order valence-electron chi connectivity index (χ0n) is 16.6. The predicted octanol–water partition coefficient (Wildman–Crippen LogP) is 4.02. The first-order valence-corrected chi connectivity index (χ1v) is 9.91. The monoisotopic (exact) mass is 380 g/mol. The number of likely N-dealkylation sites (tertiary alicyclic amines) is 1. The number of ether oxygens (including phenoxy) is 1. The third-order valence-corrected chi connectivity index (χ3v) is 5.28. The van der Waals surface area contributed by atoms with Gasteiger partial charge < -0.3 is 10.1 Å². The van der Waals surface area contributed by atoms with Crippen LogP contribution < -0.4 is 5.32 Å². The molecule has 0 bridgehead atoms. The average Bonchev–Trinajstić information content (AvgIpc) is 2.71. The topological polar surface area (TPSA) is 58.6 Å². The standard InChI is InChI=1S/C23H28N2O3/c1-3-28-23(27)19-8-10-21(11-9-19)24-22(26)18-12-14-25(15-13-18)16-20-7-5-4-6-17(20)2/h4-11,18H,3,12-16H2,1-2H3,(H,24,26). The molecular formula is C23H28N2O3. The van der Waals surface area contributed by atoms with Crippen molar-refractivity contribution < 1.29 is 14.3 Å². The van der Waals surface area contributed by atoms with Crippen LogP contribution in [0.15, 0.2) is 48.5 Å². The summed E-state index contributed by atoms with van der Waals surface area (Å²) >= 11 is 0. The van der Waals surface area contributed by atoms with E-state index in [1.54, 1.807) is 31.2 Å². The number of benzene rings is 2. The summed E-state index contributed by atoms with van der Waals surface area (Å²) in [6.07, 6.45) is 1.72. The molecule has 5 nitrogen and oxygen atoms in total. The van der Waals surface area contributed by atoms with Crippen LogP contribution in [0.4, 0.5) is 5.69 Å². The highest BCUT2D eigenvalue weighted by molar-refractivity contribution is 5.94. The summed E-state index contributed by atoms with van der Waals surface area (Å²) in [7, 11) is 0. The van der Waals surface area contributed by atoms with Crippen LogP contribution in [0.2, 0.25) is 0 Å². The Morgan fingerprint density at radius 1 is 1.07 bits per heavy atom. The van der Waals surface area contributed by atoms with Crippen molar-refractivity contribution in [2.75, 3.05) is 25.0 Å². The number of aryl methyl sites for hydroxylation is 1. The van der Waals surface area contributed by atoms with Gasteiger partial charge in [0, 0.05) is 18.2 Å². The molecule has 0 aromatic heterocycles. The van der Waals surface area contributed by atoms with Crippen molar-refractivity contribution >= 4 is 17.6 Å². The van der Waals surface area contributed by atoms with Crippen LogP contribution in [0.3, 0.4) is 0 Å². The number of piperidine rings is 1. The molecule has 1 fully saturated rings. The summed E-state index contributed by atoms with van der Waals surface area (Å²) in [5.41, 5.74) is 3.87. The molecule has 0 saturated carbocycles. The normalized spacial score (nSPS) is 15.2. The van der Waals surface area contributed by atoms with Crippen molar-refractivity contribution in [1.82, 2.24) is 4.90 Å². The van der Waals surface area contributed by atoms with E-state index in [0.29, 0.717) is 17.9 Å². The number of anilines is 1. The highest BCUT2D eigenvalue weighted by Gasteiger charge is 2.25. The number of carbonyl (C=O) groups is 2. The lowest BCUT2D eigenvalue weighted by Crippen LogP contribution is -2.37. The minimum absolute atomic E-state index is 0.0258. The Bertz CT molecular complexity index is 809. The number of carbonyl (C=O) groups excluding carboxylic acids is 2. The van der Waals surface area contributed by atoms with Gasteiger partial charge in [-0.25, -0.2) is 4.79 Å². The molecule has 0 unspecified atom stereocenters. The van der Waals surface area contributed by atoms with E-state index in [1.807, 2.05) is 0 Å². The number of rotatable bonds is 6. The number of nitrogens with one attached hydrogen (secondary N) is 1. The Kier molecular flexibility index (Phi) is 6.82. The second-order valence-corrected chi connectivity index (χ2v) is 7.26. The summed E-state index contributed by atoms with van der Waals surface area (Å²) in [5, 5.41) is 2.97.